The van der Waals surface area contributed by atoms with Crippen molar-refractivity contribution < 1.29 is 32.3 Å². The zero-order valence-corrected chi connectivity index (χ0v) is 20.3. The molecule has 1 aromatic heterocycles. The van der Waals surface area contributed by atoms with Crippen LogP contribution < -0.4 is 10.5 Å². The predicted octanol–water partition coefficient (Wildman–Crippen LogP) is 4.23. The maximum atomic E-state index is 12.6. The van der Waals surface area contributed by atoms with Crippen molar-refractivity contribution in [2.75, 3.05) is 20.2 Å². The van der Waals surface area contributed by atoms with E-state index in [2.05, 4.69) is 9.97 Å². The smallest absolute Gasteiger partial charge is 0.419 e. The number of piperidine rings is 1. The van der Waals surface area contributed by atoms with E-state index >= 15 is 0 Å². The van der Waals surface area contributed by atoms with Crippen molar-refractivity contribution in [3.63, 3.8) is 0 Å². The second kappa shape index (κ2) is 12.5. The molecule has 0 saturated carbocycles. The van der Waals surface area contributed by atoms with Gasteiger partial charge in [0.1, 0.15) is 17.5 Å². The molecule has 1 aromatic carbocycles. The summed E-state index contributed by atoms with van der Waals surface area (Å²) in [4.78, 5) is 32.9. The van der Waals surface area contributed by atoms with Crippen molar-refractivity contribution in [2.24, 2.45) is 5.73 Å². The topological polar surface area (TPSA) is 134 Å². The summed E-state index contributed by atoms with van der Waals surface area (Å²) in [5, 5.41) is 10.2. The number of halogens is 3. The Labute approximate surface area is 212 Å². The molecule has 0 spiro atoms. The van der Waals surface area contributed by atoms with E-state index in [9.17, 15) is 22.8 Å². The summed E-state index contributed by atoms with van der Waals surface area (Å²) in [6.07, 6.45) is 3.82. The van der Waals surface area contributed by atoms with Crippen LogP contribution in [0.2, 0.25) is 0 Å². The van der Waals surface area contributed by atoms with E-state index in [1.54, 1.807) is 19.2 Å². The fourth-order valence-electron chi connectivity index (χ4n) is 4.26. The third-order valence-electron chi connectivity index (χ3n) is 6.19. The lowest BCUT2D eigenvalue weighted by Crippen LogP contribution is -2.32. The number of hydroxylamine groups is 2. The summed E-state index contributed by atoms with van der Waals surface area (Å²) < 4.78 is 42.6. The molecule has 0 bridgehead atoms. The molecule has 1 amide bonds. The minimum Gasteiger partial charge on any atom is -0.419 e. The van der Waals surface area contributed by atoms with Crippen molar-refractivity contribution in [3.8, 4) is 11.8 Å². The SMILES string of the molecule is CON1CCC(c2ccc(OC(=O)C(F)(F)F)c(C3=CCCCC3)c2)CC1.N#Cc1cnc(C(N)=O)[nH]1. The van der Waals surface area contributed by atoms with Crippen molar-refractivity contribution in [1.29, 1.82) is 5.26 Å². The number of benzene rings is 1. The van der Waals surface area contributed by atoms with Crippen molar-refractivity contribution in [1.82, 2.24) is 15.0 Å². The first-order chi connectivity index (χ1) is 17.6. The first-order valence-electron chi connectivity index (χ1n) is 11.8. The minimum absolute atomic E-state index is 0.0106. The lowest BCUT2D eigenvalue weighted by atomic mass is 9.86. The first kappa shape index (κ1) is 27.9. The molecule has 198 valence electrons. The number of esters is 1. The quantitative estimate of drug-likeness (QED) is 0.446. The number of imidazole rings is 1. The van der Waals surface area contributed by atoms with Gasteiger partial charge in [-0.1, -0.05) is 12.1 Å². The molecule has 12 heteroatoms. The average molecular weight is 520 g/mol. The van der Waals surface area contributed by atoms with Gasteiger partial charge in [0.2, 0.25) is 0 Å². The zero-order chi connectivity index (χ0) is 27.0. The van der Waals surface area contributed by atoms with Gasteiger partial charge in [-0.2, -0.15) is 23.5 Å². The minimum atomic E-state index is -5.01. The molecule has 1 saturated heterocycles. The van der Waals surface area contributed by atoms with E-state index in [1.807, 2.05) is 17.2 Å². The van der Waals surface area contributed by atoms with Gasteiger partial charge in [-0.05, 0) is 67.7 Å². The van der Waals surface area contributed by atoms with Crippen LogP contribution in [-0.4, -0.2) is 53.3 Å². The highest BCUT2D eigenvalue weighted by Gasteiger charge is 2.41. The van der Waals surface area contributed by atoms with Crippen LogP contribution in [0.25, 0.3) is 5.57 Å². The Morgan fingerprint density at radius 2 is 1.97 bits per heavy atom. The predicted molar refractivity (Wildman–Crippen MR) is 127 cm³/mol. The van der Waals surface area contributed by atoms with Gasteiger partial charge in [0, 0.05) is 18.7 Å². The van der Waals surface area contributed by atoms with Crippen LogP contribution in [0, 0.1) is 11.3 Å². The number of hydrogen-bond acceptors (Lipinski definition) is 7. The number of carbonyl (C=O) groups is 2. The number of amides is 1. The van der Waals surface area contributed by atoms with Crippen LogP contribution >= 0.6 is 0 Å². The van der Waals surface area contributed by atoms with Gasteiger partial charge >= 0.3 is 12.1 Å². The van der Waals surface area contributed by atoms with Gasteiger partial charge < -0.3 is 20.3 Å². The monoisotopic (exact) mass is 519 g/mol. The second-order valence-electron chi connectivity index (χ2n) is 8.63. The molecule has 0 radical (unpaired) electrons. The molecular weight excluding hydrogens is 491 g/mol. The Balaban J connectivity index is 0.000000319. The summed E-state index contributed by atoms with van der Waals surface area (Å²) in [7, 11) is 1.65. The maximum absolute atomic E-state index is 12.6. The van der Waals surface area contributed by atoms with Crippen molar-refractivity contribution >= 4 is 17.4 Å². The van der Waals surface area contributed by atoms with Crippen LogP contribution in [0.4, 0.5) is 13.2 Å². The number of aromatic amines is 1. The number of primary amides is 1. The third kappa shape index (κ3) is 7.65. The van der Waals surface area contributed by atoms with Gasteiger partial charge in [0.25, 0.3) is 5.91 Å². The Morgan fingerprint density at radius 3 is 2.49 bits per heavy atom. The van der Waals surface area contributed by atoms with Gasteiger partial charge in [-0.3, -0.25) is 4.79 Å². The number of ether oxygens (including phenoxy) is 1. The normalized spacial score (nSPS) is 16.7. The highest BCUT2D eigenvalue weighted by atomic mass is 19.4. The number of allylic oxidation sites excluding steroid dienone is 2. The molecule has 1 aliphatic heterocycles. The van der Waals surface area contributed by atoms with E-state index in [1.165, 1.54) is 12.3 Å². The van der Waals surface area contributed by atoms with Crippen LogP contribution in [0.15, 0.2) is 30.5 Å². The summed E-state index contributed by atoms with van der Waals surface area (Å²) in [6, 6.07) is 6.97. The summed E-state index contributed by atoms with van der Waals surface area (Å²) in [5.74, 6) is -2.53. The van der Waals surface area contributed by atoms with Gasteiger partial charge in [-0.25, -0.2) is 9.78 Å². The number of nitrogens with two attached hydrogens (primary N) is 1. The van der Waals surface area contributed by atoms with Gasteiger partial charge in [-0.15, -0.1) is 0 Å². The van der Waals surface area contributed by atoms with E-state index in [-0.39, 0.29) is 17.3 Å². The fourth-order valence-corrected chi connectivity index (χ4v) is 4.26. The van der Waals surface area contributed by atoms with Crippen LogP contribution in [0.3, 0.4) is 0 Å². The lowest BCUT2D eigenvalue weighted by molar-refractivity contribution is -0.189. The summed E-state index contributed by atoms with van der Waals surface area (Å²) in [5.41, 5.74) is 7.71. The highest BCUT2D eigenvalue weighted by molar-refractivity contribution is 5.89. The van der Waals surface area contributed by atoms with E-state index in [0.717, 1.165) is 62.8 Å². The number of nitrogens with one attached hydrogen (secondary N) is 1. The summed E-state index contributed by atoms with van der Waals surface area (Å²) in [6.45, 7) is 1.62. The average Bonchev–Trinajstić information content (AvgIpc) is 3.39. The third-order valence-corrected chi connectivity index (χ3v) is 6.19. The van der Waals surface area contributed by atoms with E-state index in [4.69, 9.17) is 20.6 Å². The number of nitriles is 1. The molecule has 2 aromatic rings. The lowest BCUT2D eigenvalue weighted by Gasteiger charge is -2.30. The molecule has 2 aliphatic rings. The molecule has 3 N–H and O–H groups in total. The number of rotatable bonds is 5. The van der Waals surface area contributed by atoms with Crippen LogP contribution in [0.1, 0.15) is 71.9 Å². The number of H-pyrrole nitrogens is 1. The molecule has 9 nitrogen and oxygen atoms in total. The van der Waals surface area contributed by atoms with Crippen LogP contribution in [0.5, 0.6) is 5.75 Å². The molecule has 2 heterocycles. The molecule has 4 rings (SSSR count). The Hall–Kier alpha value is -3.69. The zero-order valence-electron chi connectivity index (χ0n) is 20.3. The molecule has 1 aliphatic carbocycles. The fraction of sp³-hybridized carbons (Fsp3) is 0.440. The summed E-state index contributed by atoms with van der Waals surface area (Å²) >= 11 is 0. The number of aromatic nitrogens is 2. The molecule has 1 fully saturated rings. The maximum Gasteiger partial charge on any atom is 0.491 e. The molecular formula is C25H28F3N5O4. The van der Waals surface area contributed by atoms with Crippen LogP contribution in [-0.2, 0) is 9.63 Å². The van der Waals surface area contributed by atoms with E-state index < -0.39 is 18.1 Å². The van der Waals surface area contributed by atoms with Gasteiger partial charge in [0.05, 0.1) is 13.3 Å². The van der Waals surface area contributed by atoms with E-state index in [0.29, 0.717) is 11.5 Å². The van der Waals surface area contributed by atoms with Crippen molar-refractivity contribution in [3.05, 3.63) is 53.1 Å². The van der Waals surface area contributed by atoms with Gasteiger partial charge in [0.15, 0.2) is 5.82 Å². The number of alkyl halides is 3. The Bertz CT molecular complexity index is 1180. The first-order valence-corrected chi connectivity index (χ1v) is 11.8. The number of hydrogen-bond donors (Lipinski definition) is 2. The number of carbonyl (C=O) groups excluding carboxylic acids is 2. The number of nitrogens with zero attached hydrogens (tertiary/aromatic N) is 3. The van der Waals surface area contributed by atoms with Crippen molar-refractivity contribution in [2.45, 2.75) is 50.6 Å². The second-order valence-corrected chi connectivity index (χ2v) is 8.63. The highest BCUT2D eigenvalue weighted by Crippen LogP contribution is 2.38. The largest absolute Gasteiger partial charge is 0.491 e. The molecule has 0 unspecified atom stereocenters. The Morgan fingerprint density at radius 1 is 1.24 bits per heavy atom. The Kier molecular flexibility index (Phi) is 9.43. The standard InChI is InChI=1S/C20H24F3NO3.C5H4N4O/c1-26-24-11-9-14(10-12-24)16-7-8-18(27-19(25)20(21,22)23)17(13-16)15-5-3-2-4-6-15;6-1-3-2-8-5(9-3)4(7)10/h5,7-8,13-14H,2-4,6,9-12H2,1H3;2H,(H2,7,10)(H,8,9). The molecule has 0 atom stereocenters. The molecule has 37 heavy (non-hydrogen) atoms.